The van der Waals surface area contributed by atoms with Crippen molar-refractivity contribution in [1.29, 1.82) is 0 Å². The van der Waals surface area contributed by atoms with Gasteiger partial charge in [-0.3, -0.25) is 4.98 Å². The fourth-order valence-electron chi connectivity index (χ4n) is 1.62. The number of nitrogens with zero attached hydrogens (tertiary/aromatic N) is 1. The minimum absolute atomic E-state index is 0.177. The number of pyridine rings is 1. The van der Waals surface area contributed by atoms with Gasteiger partial charge in [-0.15, -0.1) is 0 Å². The molecule has 2 rings (SSSR count). The van der Waals surface area contributed by atoms with Crippen molar-refractivity contribution in [3.05, 3.63) is 53.3 Å². The summed E-state index contributed by atoms with van der Waals surface area (Å²) >= 11 is 5.85. The number of nitrogens with two attached hydrogens (primary N) is 1. The number of aromatic nitrogens is 1. The lowest BCUT2D eigenvalue weighted by molar-refractivity contribution is 0.883. The zero-order chi connectivity index (χ0) is 12.3. The lowest BCUT2D eigenvalue weighted by Crippen LogP contribution is -2.06. The summed E-state index contributed by atoms with van der Waals surface area (Å²) in [5.41, 5.74) is 8.40. The lowest BCUT2D eigenvalue weighted by Gasteiger charge is -2.15. The molecule has 1 atom stereocenters. The van der Waals surface area contributed by atoms with Gasteiger partial charge in [-0.25, -0.2) is 0 Å². The van der Waals surface area contributed by atoms with Crippen molar-refractivity contribution in [2.75, 3.05) is 11.1 Å². The fourth-order valence-corrected chi connectivity index (χ4v) is 1.75. The molecule has 17 heavy (non-hydrogen) atoms. The molecule has 0 aliphatic carbocycles. The predicted molar refractivity (Wildman–Crippen MR) is 72.1 cm³/mol. The Morgan fingerprint density at radius 1 is 1.24 bits per heavy atom. The Balaban J connectivity index is 2.11. The summed E-state index contributed by atoms with van der Waals surface area (Å²) in [5, 5.41) is 4.08. The monoisotopic (exact) mass is 247 g/mol. The third-order valence-corrected chi connectivity index (χ3v) is 2.76. The first-order chi connectivity index (χ1) is 8.15. The minimum atomic E-state index is 0.177. The van der Waals surface area contributed by atoms with Crippen LogP contribution < -0.4 is 11.1 Å². The second kappa shape index (κ2) is 5.06. The third-order valence-electron chi connectivity index (χ3n) is 2.51. The van der Waals surface area contributed by atoms with Crippen molar-refractivity contribution in [3.8, 4) is 0 Å². The van der Waals surface area contributed by atoms with Gasteiger partial charge >= 0.3 is 0 Å². The van der Waals surface area contributed by atoms with Crippen molar-refractivity contribution in [3.63, 3.8) is 0 Å². The summed E-state index contributed by atoms with van der Waals surface area (Å²) in [7, 11) is 0. The molecule has 0 saturated heterocycles. The van der Waals surface area contributed by atoms with Crippen LogP contribution in [0.15, 0.2) is 42.7 Å². The van der Waals surface area contributed by atoms with Crippen LogP contribution in [0.3, 0.4) is 0 Å². The molecule has 1 unspecified atom stereocenters. The molecule has 1 heterocycles. The molecule has 0 bridgehead atoms. The van der Waals surface area contributed by atoms with Crippen molar-refractivity contribution in [2.45, 2.75) is 13.0 Å². The van der Waals surface area contributed by atoms with Crippen LogP contribution >= 0.6 is 11.6 Å². The molecule has 3 N–H and O–H groups in total. The molecule has 0 fully saturated rings. The highest BCUT2D eigenvalue weighted by Gasteiger charge is 2.05. The maximum atomic E-state index is 5.85. The molecular weight excluding hydrogens is 234 g/mol. The summed E-state index contributed by atoms with van der Waals surface area (Å²) in [6.45, 7) is 2.08. The predicted octanol–water partition coefficient (Wildman–Crippen LogP) is 3.49. The Bertz CT molecular complexity index is 496. The van der Waals surface area contributed by atoms with E-state index in [0.29, 0.717) is 5.69 Å². The van der Waals surface area contributed by atoms with Crippen molar-refractivity contribution in [2.24, 2.45) is 0 Å². The van der Waals surface area contributed by atoms with Crippen LogP contribution in [0.1, 0.15) is 18.5 Å². The molecule has 4 heteroatoms. The highest BCUT2D eigenvalue weighted by atomic mass is 35.5. The Kier molecular flexibility index (Phi) is 3.49. The average Bonchev–Trinajstić information content (AvgIpc) is 2.29. The van der Waals surface area contributed by atoms with Gasteiger partial charge in [0.15, 0.2) is 0 Å². The highest BCUT2D eigenvalue weighted by molar-refractivity contribution is 6.30. The average molecular weight is 248 g/mol. The van der Waals surface area contributed by atoms with E-state index < -0.39 is 0 Å². The SMILES string of the molecule is CC(Nc1cncc(N)c1)c1ccc(Cl)cc1. The smallest absolute Gasteiger partial charge is 0.0552 e. The van der Waals surface area contributed by atoms with Crippen molar-refractivity contribution < 1.29 is 0 Å². The van der Waals surface area contributed by atoms with Crippen molar-refractivity contribution >= 4 is 23.0 Å². The Labute approximate surface area is 106 Å². The van der Waals surface area contributed by atoms with Gasteiger partial charge in [-0.05, 0) is 30.7 Å². The summed E-state index contributed by atoms with van der Waals surface area (Å²) in [4.78, 5) is 4.04. The van der Waals surface area contributed by atoms with E-state index in [4.69, 9.17) is 17.3 Å². The summed E-state index contributed by atoms with van der Waals surface area (Å²) in [5.74, 6) is 0. The zero-order valence-electron chi connectivity index (χ0n) is 9.52. The van der Waals surface area contributed by atoms with E-state index in [1.807, 2.05) is 30.3 Å². The summed E-state index contributed by atoms with van der Waals surface area (Å²) in [6.07, 6.45) is 3.38. The second-order valence-corrected chi connectivity index (χ2v) is 4.36. The first-order valence-electron chi connectivity index (χ1n) is 5.37. The van der Waals surface area contributed by atoms with Crippen LogP contribution in [0.5, 0.6) is 0 Å². The van der Waals surface area contributed by atoms with E-state index in [9.17, 15) is 0 Å². The van der Waals surface area contributed by atoms with Gasteiger partial charge in [0, 0.05) is 17.3 Å². The van der Waals surface area contributed by atoms with E-state index in [1.54, 1.807) is 12.4 Å². The van der Waals surface area contributed by atoms with Crippen LogP contribution in [0.2, 0.25) is 5.02 Å². The van der Waals surface area contributed by atoms with E-state index in [1.165, 1.54) is 0 Å². The van der Waals surface area contributed by atoms with Gasteiger partial charge in [0.25, 0.3) is 0 Å². The molecular formula is C13H14ClN3. The zero-order valence-corrected chi connectivity index (χ0v) is 10.3. The first kappa shape index (κ1) is 11.7. The number of hydrogen-bond donors (Lipinski definition) is 2. The molecule has 0 aliphatic rings. The van der Waals surface area contributed by atoms with E-state index >= 15 is 0 Å². The van der Waals surface area contributed by atoms with Gasteiger partial charge < -0.3 is 11.1 Å². The van der Waals surface area contributed by atoms with Gasteiger partial charge in [0.1, 0.15) is 0 Å². The highest BCUT2D eigenvalue weighted by Crippen LogP contribution is 2.21. The molecule has 1 aromatic heterocycles. The van der Waals surface area contributed by atoms with Crippen LogP contribution in [-0.2, 0) is 0 Å². The van der Waals surface area contributed by atoms with Crippen LogP contribution in [0.25, 0.3) is 0 Å². The molecule has 0 aliphatic heterocycles. The third kappa shape index (κ3) is 3.11. The first-order valence-corrected chi connectivity index (χ1v) is 5.75. The number of hydrogen-bond acceptors (Lipinski definition) is 3. The number of halogens is 1. The number of nitrogen functional groups attached to an aromatic ring is 1. The quantitative estimate of drug-likeness (QED) is 0.873. The Hall–Kier alpha value is -1.74. The summed E-state index contributed by atoms with van der Waals surface area (Å²) < 4.78 is 0. The topological polar surface area (TPSA) is 50.9 Å². The number of nitrogens with one attached hydrogen (secondary N) is 1. The number of benzene rings is 1. The summed E-state index contributed by atoms with van der Waals surface area (Å²) in [6, 6.07) is 9.80. The normalized spacial score (nSPS) is 12.1. The molecule has 0 saturated carbocycles. The standard InChI is InChI=1S/C13H14ClN3/c1-9(10-2-4-11(14)5-3-10)17-13-6-12(15)7-16-8-13/h2-9,17H,15H2,1H3. The van der Waals surface area contributed by atoms with E-state index in [-0.39, 0.29) is 6.04 Å². The molecule has 88 valence electrons. The largest absolute Gasteiger partial charge is 0.397 e. The Morgan fingerprint density at radius 3 is 2.59 bits per heavy atom. The molecule has 2 aromatic rings. The van der Waals surface area contributed by atoms with E-state index in [2.05, 4.69) is 17.2 Å². The number of anilines is 2. The van der Waals surface area contributed by atoms with Gasteiger partial charge in [0.2, 0.25) is 0 Å². The van der Waals surface area contributed by atoms with E-state index in [0.717, 1.165) is 16.3 Å². The molecule has 0 spiro atoms. The maximum Gasteiger partial charge on any atom is 0.0552 e. The van der Waals surface area contributed by atoms with Gasteiger partial charge in [-0.2, -0.15) is 0 Å². The maximum absolute atomic E-state index is 5.85. The van der Waals surface area contributed by atoms with Gasteiger partial charge in [0.05, 0.1) is 17.6 Å². The molecule has 1 aromatic carbocycles. The minimum Gasteiger partial charge on any atom is -0.397 e. The second-order valence-electron chi connectivity index (χ2n) is 3.92. The van der Waals surface area contributed by atoms with Gasteiger partial charge in [-0.1, -0.05) is 23.7 Å². The number of rotatable bonds is 3. The fraction of sp³-hybridized carbons (Fsp3) is 0.154. The molecule has 3 nitrogen and oxygen atoms in total. The molecule has 0 radical (unpaired) electrons. The van der Waals surface area contributed by atoms with Crippen molar-refractivity contribution in [1.82, 2.24) is 4.98 Å². The molecule has 0 amide bonds. The van der Waals surface area contributed by atoms with Crippen LogP contribution in [0.4, 0.5) is 11.4 Å². The van der Waals surface area contributed by atoms with Crippen LogP contribution in [0, 0.1) is 0 Å². The lowest BCUT2D eigenvalue weighted by atomic mass is 10.1. The Morgan fingerprint density at radius 2 is 1.94 bits per heavy atom. The van der Waals surface area contributed by atoms with Crippen LogP contribution in [-0.4, -0.2) is 4.98 Å².